The summed E-state index contributed by atoms with van der Waals surface area (Å²) in [6.07, 6.45) is 0. The van der Waals surface area contributed by atoms with Gasteiger partial charge in [0.25, 0.3) is 0 Å². The molecule has 0 aliphatic carbocycles. The Morgan fingerprint density at radius 1 is 1.04 bits per heavy atom. The first-order valence-corrected chi connectivity index (χ1v) is 7.65. The summed E-state index contributed by atoms with van der Waals surface area (Å²) in [5, 5.41) is 0. The minimum Gasteiger partial charge on any atom is -0.467 e. The Balaban J connectivity index is 1.92. The highest BCUT2D eigenvalue weighted by atomic mass is 16.5. The molecule has 4 heteroatoms. The Labute approximate surface area is 135 Å². The van der Waals surface area contributed by atoms with E-state index < -0.39 is 12.0 Å². The Hall–Kier alpha value is -2.62. The molecule has 1 fully saturated rings. The number of rotatable bonds is 4. The highest BCUT2D eigenvalue weighted by Crippen LogP contribution is 2.41. The van der Waals surface area contributed by atoms with Crippen molar-refractivity contribution in [2.75, 3.05) is 7.11 Å². The van der Waals surface area contributed by atoms with E-state index in [1.54, 1.807) is 4.90 Å². The summed E-state index contributed by atoms with van der Waals surface area (Å²) in [6.45, 7) is 1.93. The number of β-lactam (4-membered cyclic amide) rings is 1. The molecule has 1 aliphatic rings. The van der Waals surface area contributed by atoms with Crippen molar-refractivity contribution in [1.29, 1.82) is 0 Å². The van der Waals surface area contributed by atoms with Gasteiger partial charge < -0.3 is 9.64 Å². The molecule has 2 aromatic rings. The number of hydrogen-bond donors (Lipinski definition) is 0. The van der Waals surface area contributed by atoms with Gasteiger partial charge >= 0.3 is 5.97 Å². The maximum absolute atomic E-state index is 12.7. The van der Waals surface area contributed by atoms with Gasteiger partial charge in [-0.15, -0.1) is 0 Å². The van der Waals surface area contributed by atoms with Gasteiger partial charge in [-0.1, -0.05) is 60.7 Å². The fourth-order valence-corrected chi connectivity index (χ4v) is 3.19. The zero-order chi connectivity index (χ0) is 16.4. The quantitative estimate of drug-likeness (QED) is 0.644. The number of hydrogen-bond acceptors (Lipinski definition) is 3. The number of benzene rings is 2. The second-order valence-electron chi connectivity index (χ2n) is 5.69. The van der Waals surface area contributed by atoms with E-state index in [9.17, 15) is 9.59 Å². The second-order valence-corrected chi connectivity index (χ2v) is 5.69. The van der Waals surface area contributed by atoms with Crippen molar-refractivity contribution >= 4 is 11.9 Å². The Bertz CT molecular complexity index is 699. The van der Waals surface area contributed by atoms with Gasteiger partial charge in [0.15, 0.2) is 0 Å². The summed E-state index contributed by atoms with van der Waals surface area (Å²) in [6, 6.07) is 18.4. The average molecular weight is 309 g/mol. The smallest absolute Gasteiger partial charge is 0.329 e. The molecule has 0 saturated carbocycles. The molecule has 1 aliphatic heterocycles. The van der Waals surface area contributed by atoms with E-state index in [4.69, 9.17) is 4.74 Å². The van der Waals surface area contributed by atoms with Crippen molar-refractivity contribution in [3.05, 3.63) is 71.8 Å². The summed E-state index contributed by atoms with van der Waals surface area (Å²) in [4.78, 5) is 26.6. The van der Waals surface area contributed by atoms with Crippen molar-refractivity contribution < 1.29 is 14.3 Å². The third kappa shape index (κ3) is 2.61. The van der Waals surface area contributed by atoms with Gasteiger partial charge in [-0.25, -0.2) is 4.79 Å². The van der Waals surface area contributed by atoms with Gasteiger partial charge in [-0.05, 0) is 18.1 Å². The standard InChI is InChI=1S/C19H19NO3/c1-13(14-9-5-3-6-10-14)20-17(19(22)23-2)16(18(20)21)15-11-7-4-8-12-15/h3-13,16-17H,1-2H3/t13?,16-,17-/m0/s1. The van der Waals surface area contributed by atoms with Gasteiger partial charge in [0.1, 0.15) is 6.04 Å². The summed E-state index contributed by atoms with van der Waals surface area (Å²) >= 11 is 0. The van der Waals surface area contributed by atoms with Gasteiger partial charge in [0.2, 0.25) is 5.91 Å². The molecule has 0 aromatic heterocycles. The number of ether oxygens (including phenoxy) is 1. The van der Waals surface area contributed by atoms with Crippen LogP contribution in [0.15, 0.2) is 60.7 Å². The first kappa shape index (κ1) is 15.3. The Kier molecular flexibility index (Phi) is 4.15. The average Bonchev–Trinajstić information content (AvgIpc) is 2.60. The fourth-order valence-electron chi connectivity index (χ4n) is 3.19. The van der Waals surface area contributed by atoms with Crippen LogP contribution in [0.3, 0.4) is 0 Å². The van der Waals surface area contributed by atoms with Gasteiger partial charge in [0, 0.05) is 0 Å². The van der Waals surface area contributed by atoms with Crippen LogP contribution in [-0.4, -0.2) is 29.9 Å². The summed E-state index contributed by atoms with van der Waals surface area (Å²) in [5.41, 5.74) is 1.85. The minimum atomic E-state index is -0.579. The molecule has 0 bridgehead atoms. The molecular formula is C19H19NO3. The number of amides is 1. The van der Waals surface area contributed by atoms with Gasteiger partial charge in [-0.3, -0.25) is 4.79 Å². The molecular weight excluding hydrogens is 290 g/mol. The Morgan fingerprint density at radius 3 is 2.17 bits per heavy atom. The highest BCUT2D eigenvalue weighted by Gasteiger charge is 2.54. The molecule has 0 N–H and O–H groups in total. The summed E-state index contributed by atoms with van der Waals surface area (Å²) in [7, 11) is 1.36. The maximum atomic E-state index is 12.7. The van der Waals surface area contributed by atoms with E-state index in [1.165, 1.54) is 7.11 Å². The molecule has 3 rings (SSSR count). The van der Waals surface area contributed by atoms with E-state index in [2.05, 4.69) is 0 Å². The predicted molar refractivity (Wildman–Crippen MR) is 86.7 cm³/mol. The van der Waals surface area contributed by atoms with E-state index in [1.807, 2.05) is 67.6 Å². The zero-order valence-corrected chi connectivity index (χ0v) is 13.2. The molecule has 2 aromatic carbocycles. The Morgan fingerprint density at radius 2 is 1.61 bits per heavy atom. The normalized spacial score (nSPS) is 21.5. The molecule has 1 amide bonds. The SMILES string of the molecule is COC(=O)[C@@H]1[C@H](c2ccccc2)C(=O)N1C(C)c1ccccc1. The van der Waals surface area contributed by atoms with Crippen LogP contribution in [0.5, 0.6) is 0 Å². The molecule has 3 atom stereocenters. The van der Waals surface area contributed by atoms with Crippen LogP contribution < -0.4 is 0 Å². The first-order chi connectivity index (χ1) is 11.1. The molecule has 1 unspecified atom stereocenters. The van der Waals surface area contributed by atoms with Crippen molar-refractivity contribution in [2.45, 2.75) is 24.9 Å². The van der Waals surface area contributed by atoms with Crippen molar-refractivity contribution in [1.82, 2.24) is 4.90 Å². The molecule has 0 radical (unpaired) electrons. The lowest BCUT2D eigenvalue weighted by molar-refractivity contribution is -0.170. The van der Waals surface area contributed by atoms with Crippen LogP contribution in [-0.2, 0) is 14.3 Å². The lowest BCUT2D eigenvalue weighted by Gasteiger charge is -2.48. The van der Waals surface area contributed by atoms with Gasteiger partial charge in [-0.2, -0.15) is 0 Å². The third-order valence-corrected chi connectivity index (χ3v) is 4.44. The number of likely N-dealkylation sites (tertiary alicyclic amines) is 1. The zero-order valence-electron chi connectivity index (χ0n) is 13.2. The highest BCUT2D eigenvalue weighted by molar-refractivity contribution is 6.01. The van der Waals surface area contributed by atoms with Crippen LogP contribution >= 0.6 is 0 Å². The molecule has 0 spiro atoms. The molecule has 118 valence electrons. The van der Waals surface area contributed by atoms with E-state index in [0.29, 0.717) is 0 Å². The number of carbonyl (C=O) groups excluding carboxylic acids is 2. The minimum absolute atomic E-state index is 0.0389. The maximum Gasteiger partial charge on any atom is 0.329 e. The topological polar surface area (TPSA) is 46.6 Å². The summed E-state index contributed by atoms with van der Waals surface area (Å²) in [5.74, 6) is -0.876. The van der Waals surface area contributed by atoms with Crippen molar-refractivity contribution in [3.8, 4) is 0 Å². The number of esters is 1. The lowest BCUT2D eigenvalue weighted by Crippen LogP contribution is -2.63. The molecule has 23 heavy (non-hydrogen) atoms. The first-order valence-electron chi connectivity index (χ1n) is 7.65. The second kappa shape index (κ2) is 6.24. The van der Waals surface area contributed by atoms with Crippen LogP contribution in [0.25, 0.3) is 0 Å². The monoisotopic (exact) mass is 309 g/mol. The van der Waals surface area contributed by atoms with E-state index in [-0.39, 0.29) is 17.9 Å². The van der Waals surface area contributed by atoms with Crippen LogP contribution in [0, 0.1) is 0 Å². The number of methoxy groups -OCH3 is 1. The van der Waals surface area contributed by atoms with Crippen LogP contribution in [0.2, 0.25) is 0 Å². The molecule has 4 nitrogen and oxygen atoms in total. The predicted octanol–water partition coefficient (Wildman–Crippen LogP) is 2.92. The van der Waals surface area contributed by atoms with Crippen molar-refractivity contribution in [2.24, 2.45) is 0 Å². The summed E-state index contributed by atoms with van der Waals surface area (Å²) < 4.78 is 4.94. The fraction of sp³-hybridized carbons (Fsp3) is 0.263. The number of nitrogens with zero attached hydrogens (tertiary/aromatic N) is 1. The molecule has 1 saturated heterocycles. The van der Waals surface area contributed by atoms with Crippen LogP contribution in [0.1, 0.15) is 30.0 Å². The van der Waals surface area contributed by atoms with Crippen molar-refractivity contribution in [3.63, 3.8) is 0 Å². The number of carbonyl (C=O) groups is 2. The van der Waals surface area contributed by atoms with Crippen LogP contribution in [0.4, 0.5) is 0 Å². The third-order valence-electron chi connectivity index (χ3n) is 4.44. The molecule has 1 heterocycles. The van der Waals surface area contributed by atoms with Gasteiger partial charge in [0.05, 0.1) is 19.1 Å². The van der Waals surface area contributed by atoms with E-state index >= 15 is 0 Å². The van der Waals surface area contributed by atoms with E-state index in [0.717, 1.165) is 11.1 Å². The largest absolute Gasteiger partial charge is 0.467 e. The lowest BCUT2D eigenvalue weighted by atomic mass is 9.79.